The first kappa shape index (κ1) is 11.5. The van der Waals surface area contributed by atoms with Crippen molar-refractivity contribution in [3.63, 3.8) is 0 Å². The highest BCUT2D eigenvalue weighted by Crippen LogP contribution is 2.19. The van der Waals surface area contributed by atoms with Crippen LogP contribution in [0.3, 0.4) is 0 Å². The van der Waals surface area contributed by atoms with E-state index < -0.39 is 6.04 Å². The van der Waals surface area contributed by atoms with Gasteiger partial charge in [-0.2, -0.15) is 0 Å². The van der Waals surface area contributed by atoms with Gasteiger partial charge in [0, 0.05) is 20.2 Å². The minimum absolute atomic E-state index is 0.0268. The Morgan fingerprint density at radius 1 is 1.64 bits per heavy atom. The Labute approximate surface area is 85.4 Å². The maximum atomic E-state index is 11.6. The lowest BCUT2D eigenvalue weighted by atomic mass is 9.95. The van der Waals surface area contributed by atoms with Crippen LogP contribution in [0.1, 0.15) is 20.3 Å². The number of amides is 1. The number of ether oxygens (including phenoxy) is 1. The molecule has 1 amide bonds. The molecule has 3 atom stereocenters. The second-order valence-electron chi connectivity index (χ2n) is 4.11. The lowest BCUT2D eigenvalue weighted by Crippen LogP contribution is -2.51. The molecule has 1 fully saturated rings. The van der Waals surface area contributed by atoms with Gasteiger partial charge in [0.25, 0.3) is 0 Å². The summed E-state index contributed by atoms with van der Waals surface area (Å²) in [4.78, 5) is 13.4. The molecule has 4 nitrogen and oxygen atoms in total. The minimum atomic E-state index is -0.402. The van der Waals surface area contributed by atoms with Gasteiger partial charge in [0.2, 0.25) is 5.91 Å². The molecular formula is C10H20N2O2. The van der Waals surface area contributed by atoms with Gasteiger partial charge in [0.05, 0.1) is 12.1 Å². The molecule has 2 N–H and O–H groups in total. The minimum Gasteiger partial charge on any atom is -0.379 e. The highest BCUT2D eigenvalue weighted by atomic mass is 16.5. The van der Waals surface area contributed by atoms with Gasteiger partial charge in [-0.3, -0.25) is 4.79 Å². The van der Waals surface area contributed by atoms with Crippen LogP contribution >= 0.6 is 0 Å². The van der Waals surface area contributed by atoms with Crippen molar-refractivity contribution in [3.8, 4) is 0 Å². The first-order chi connectivity index (χ1) is 6.56. The average Bonchev–Trinajstić information content (AvgIpc) is 2.17. The zero-order chi connectivity index (χ0) is 10.7. The van der Waals surface area contributed by atoms with Crippen molar-refractivity contribution in [2.45, 2.75) is 32.4 Å². The van der Waals surface area contributed by atoms with E-state index in [4.69, 9.17) is 10.5 Å². The lowest BCUT2D eigenvalue weighted by molar-refractivity contribution is -0.137. The first-order valence-corrected chi connectivity index (χ1v) is 5.13. The average molecular weight is 200 g/mol. The predicted octanol–water partition coefficient (Wildman–Crippen LogP) is 0.217. The number of carbonyl (C=O) groups excluding carboxylic acids is 1. The zero-order valence-electron chi connectivity index (χ0n) is 9.19. The van der Waals surface area contributed by atoms with Crippen LogP contribution in [0.4, 0.5) is 0 Å². The number of nitrogens with zero attached hydrogens (tertiary/aromatic N) is 1. The summed E-state index contributed by atoms with van der Waals surface area (Å²) in [7, 11) is 1.70. The number of methoxy groups -OCH3 is 1. The molecular weight excluding hydrogens is 180 g/mol. The largest absolute Gasteiger partial charge is 0.379 e. The van der Waals surface area contributed by atoms with Crippen molar-refractivity contribution in [2.24, 2.45) is 11.7 Å². The quantitative estimate of drug-likeness (QED) is 0.693. The van der Waals surface area contributed by atoms with E-state index in [2.05, 4.69) is 6.92 Å². The van der Waals surface area contributed by atoms with Gasteiger partial charge < -0.3 is 15.4 Å². The summed E-state index contributed by atoms with van der Waals surface area (Å²) < 4.78 is 5.33. The van der Waals surface area contributed by atoms with Crippen LogP contribution in [0.15, 0.2) is 0 Å². The zero-order valence-corrected chi connectivity index (χ0v) is 9.19. The highest BCUT2D eigenvalue weighted by molar-refractivity contribution is 5.81. The Bertz CT molecular complexity index is 206. The maximum absolute atomic E-state index is 11.6. The third kappa shape index (κ3) is 2.45. The SMILES string of the molecule is COC1CN(C(=O)[C@H](C)N)CCC1C. The van der Waals surface area contributed by atoms with Crippen molar-refractivity contribution < 1.29 is 9.53 Å². The van der Waals surface area contributed by atoms with Gasteiger partial charge >= 0.3 is 0 Å². The summed E-state index contributed by atoms with van der Waals surface area (Å²) in [5.74, 6) is 0.552. The molecule has 0 aromatic heterocycles. The summed E-state index contributed by atoms with van der Waals surface area (Å²) in [6.45, 7) is 5.36. The number of hydrogen-bond acceptors (Lipinski definition) is 3. The summed E-state index contributed by atoms with van der Waals surface area (Å²) in [6.07, 6.45) is 1.16. The van der Waals surface area contributed by atoms with E-state index in [9.17, 15) is 4.79 Å². The lowest BCUT2D eigenvalue weighted by Gasteiger charge is -2.36. The highest BCUT2D eigenvalue weighted by Gasteiger charge is 2.29. The first-order valence-electron chi connectivity index (χ1n) is 5.13. The van der Waals surface area contributed by atoms with E-state index in [1.54, 1.807) is 18.9 Å². The molecule has 4 heteroatoms. The topological polar surface area (TPSA) is 55.6 Å². The molecule has 1 rings (SSSR count). The fourth-order valence-electron chi connectivity index (χ4n) is 1.83. The number of piperidine rings is 1. The molecule has 14 heavy (non-hydrogen) atoms. The van der Waals surface area contributed by atoms with Crippen LogP contribution in [0.25, 0.3) is 0 Å². The van der Waals surface area contributed by atoms with Crippen molar-refractivity contribution in [1.29, 1.82) is 0 Å². The Hall–Kier alpha value is -0.610. The number of hydrogen-bond donors (Lipinski definition) is 1. The van der Waals surface area contributed by atoms with E-state index in [1.165, 1.54) is 0 Å². The monoisotopic (exact) mass is 200 g/mol. The Morgan fingerprint density at radius 3 is 2.79 bits per heavy atom. The molecule has 0 aromatic carbocycles. The second-order valence-corrected chi connectivity index (χ2v) is 4.11. The third-order valence-corrected chi connectivity index (χ3v) is 2.89. The van der Waals surface area contributed by atoms with Crippen LogP contribution in [-0.4, -0.2) is 43.2 Å². The standard InChI is InChI=1S/C10H20N2O2/c1-7-4-5-12(6-9(7)14-3)10(13)8(2)11/h7-9H,4-6,11H2,1-3H3/t7?,8-,9?/m0/s1. The molecule has 0 saturated carbocycles. The van der Waals surface area contributed by atoms with Gasteiger partial charge in [-0.05, 0) is 19.3 Å². The maximum Gasteiger partial charge on any atom is 0.239 e. The normalized spacial score (nSPS) is 30.1. The summed E-state index contributed by atoms with van der Waals surface area (Å²) in [5.41, 5.74) is 5.56. The van der Waals surface area contributed by atoms with Gasteiger partial charge in [-0.15, -0.1) is 0 Å². The number of carbonyl (C=O) groups is 1. The van der Waals surface area contributed by atoms with Gasteiger partial charge in [-0.25, -0.2) is 0 Å². The van der Waals surface area contributed by atoms with Gasteiger partial charge in [0.15, 0.2) is 0 Å². The predicted molar refractivity (Wildman–Crippen MR) is 54.8 cm³/mol. The third-order valence-electron chi connectivity index (χ3n) is 2.89. The smallest absolute Gasteiger partial charge is 0.239 e. The van der Waals surface area contributed by atoms with Crippen molar-refractivity contribution >= 4 is 5.91 Å². The van der Waals surface area contributed by atoms with Crippen molar-refractivity contribution in [3.05, 3.63) is 0 Å². The van der Waals surface area contributed by atoms with Crippen LogP contribution in [0.2, 0.25) is 0 Å². The van der Waals surface area contributed by atoms with E-state index in [0.717, 1.165) is 13.0 Å². The summed E-state index contributed by atoms with van der Waals surface area (Å²) in [5, 5.41) is 0. The van der Waals surface area contributed by atoms with Gasteiger partial charge in [0.1, 0.15) is 0 Å². The van der Waals surface area contributed by atoms with Crippen LogP contribution < -0.4 is 5.73 Å². The van der Waals surface area contributed by atoms with Crippen molar-refractivity contribution in [2.75, 3.05) is 20.2 Å². The Kier molecular flexibility index (Phi) is 3.89. The van der Waals surface area contributed by atoms with E-state index in [0.29, 0.717) is 12.5 Å². The molecule has 0 spiro atoms. The molecule has 0 radical (unpaired) electrons. The van der Waals surface area contributed by atoms with E-state index in [-0.39, 0.29) is 12.0 Å². The Morgan fingerprint density at radius 2 is 2.29 bits per heavy atom. The fraction of sp³-hybridized carbons (Fsp3) is 0.900. The Balaban J connectivity index is 2.54. The van der Waals surface area contributed by atoms with E-state index >= 15 is 0 Å². The molecule has 1 aliphatic heterocycles. The van der Waals surface area contributed by atoms with Crippen LogP contribution in [0, 0.1) is 5.92 Å². The molecule has 82 valence electrons. The molecule has 0 bridgehead atoms. The molecule has 1 heterocycles. The number of rotatable bonds is 2. The van der Waals surface area contributed by atoms with Crippen molar-refractivity contribution in [1.82, 2.24) is 4.90 Å². The van der Waals surface area contributed by atoms with Crippen LogP contribution in [0.5, 0.6) is 0 Å². The van der Waals surface area contributed by atoms with E-state index in [1.807, 2.05) is 0 Å². The molecule has 0 aromatic rings. The summed E-state index contributed by atoms with van der Waals surface area (Å²) >= 11 is 0. The van der Waals surface area contributed by atoms with Gasteiger partial charge in [-0.1, -0.05) is 6.92 Å². The van der Waals surface area contributed by atoms with Crippen LogP contribution in [-0.2, 0) is 9.53 Å². The molecule has 1 saturated heterocycles. The number of nitrogens with two attached hydrogens (primary N) is 1. The fourth-order valence-corrected chi connectivity index (χ4v) is 1.83. The molecule has 1 aliphatic rings. The second kappa shape index (κ2) is 4.75. The summed E-state index contributed by atoms with van der Waals surface area (Å²) in [6, 6.07) is -0.402. The molecule has 2 unspecified atom stereocenters. The number of likely N-dealkylation sites (tertiary alicyclic amines) is 1. The molecule has 0 aliphatic carbocycles.